The summed E-state index contributed by atoms with van der Waals surface area (Å²) in [6, 6.07) is 9.11. The van der Waals surface area contributed by atoms with Crippen LogP contribution in [0.3, 0.4) is 0 Å². The number of pyridine rings is 1. The van der Waals surface area contributed by atoms with E-state index in [1.54, 1.807) is 12.4 Å². The number of carbonyl (C=O) groups is 1. The lowest BCUT2D eigenvalue weighted by molar-refractivity contribution is 0.262. The van der Waals surface area contributed by atoms with Crippen molar-refractivity contribution >= 4 is 40.2 Å². The predicted octanol–water partition coefficient (Wildman–Crippen LogP) is 4.41. The second kappa shape index (κ2) is 9.51. The van der Waals surface area contributed by atoms with Gasteiger partial charge in [-0.1, -0.05) is 12.1 Å². The smallest absolute Gasteiger partial charge is 0.323 e. The van der Waals surface area contributed by atoms with Crippen molar-refractivity contribution in [3.63, 3.8) is 0 Å². The van der Waals surface area contributed by atoms with Crippen molar-refractivity contribution in [1.29, 1.82) is 0 Å². The fourth-order valence-corrected chi connectivity index (χ4v) is 3.47. The Morgan fingerprint density at radius 2 is 1.94 bits per heavy atom. The molecule has 4 aromatic rings. The van der Waals surface area contributed by atoms with Crippen molar-refractivity contribution in [2.24, 2.45) is 0 Å². The Kier molecular flexibility index (Phi) is 6.34. The molecule has 1 aromatic carbocycles. The highest BCUT2D eigenvalue weighted by Crippen LogP contribution is 2.22. The average Bonchev–Trinajstić information content (AvgIpc) is 3.22. The molecule has 0 aliphatic heterocycles. The Morgan fingerprint density at radius 1 is 1.12 bits per heavy atom. The van der Waals surface area contributed by atoms with Gasteiger partial charge < -0.3 is 21.3 Å². The Morgan fingerprint density at radius 3 is 2.70 bits per heavy atom. The summed E-state index contributed by atoms with van der Waals surface area (Å²) < 4.78 is 1.81. The zero-order valence-corrected chi connectivity index (χ0v) is 19.0. The molecule has 33 heavy (non-hydrogen) atoms. The molecule has 3 heterocycles. The second-order valence-electron chi connectivity index (χ2n) is 7.66. The molecule has 0 saturated carbocycles. The molecule has 10 heteroatoms. The Bertz CT molecular complexity index is 1280. The Balaban J connectivity index is 1.41. The first kappa shape index (κ1) is 22.0. The van der Waals surface area contributed by atoms with Gasteiger partial charge in [-0.3, -0.25) is 4.68 Å². The molecule has 3 aromatic heterocycles. The highest BCUT2D eigenvalue weighted by molar-refractivity contribution is 5.99. The van der Waals surface area contributed by atoms with E-state index < -0.39 is 0 Å². The van der Waals surface area contributed by atoms with Gasteiger partial charge in [0.05, 0.1) is 30.3 Å². The topological polar surface area (TPSA) is 122 Å². The monoisotopic (exact) mass is 445 g/mol. The number of carbonyl (C=O) groups excluding carboxylic acids is 1. The fraction of sp³-hybridized carbons (Fsp3) is 0.261. The molecule has 0 aliphatic carbocycles. The number of aryl methyl sites for hydroxylation is 2. The number of hydrogen-bond acceptors (Lipinski definition) is 7. The van der Waals surface area contributed by atoms with Gasteiger partial charge in [-0.05, 0) is 50.1 Å². The highest BCUT2D eigenvalue weighted by atomic mass is 16.2. The standard InChI is InChI=1S/C23H27N9O/c1-5-32-13-19-22(31-32)30-20(12-25-19)27-15(3)16-7-6-8-17(10-16)28-23(33)29-18-9-14(2)21(24-4)26-11-18/h6-13,15H,5H2,1-4H3,(H,24,26)(H,27,30,31)(H2,28,29,33)/t15-/m0/s1. The number of rotatable bonds is 7. The minimum Gasteiger partial charge on any atom is -0.373 e. The normalized spacial score (nSPS) is 11.8. The number of aromatic nitrogens is 5. The van der Waals surface area contributed by atoms with Crippen molar-refractivity contribution in [3.05, 3.63) is 60.0 Å². The van der Waals surface area contributed by atoms with Crippen molar-refractivity contribution < 1.29 is 4.79 Å². The summed E-state index contributed by atoms with van der Waals surface area (Å²) in [5, 5.41) is 16.4. The zero-order chi connectivity index (χ0) is 23.4. The van der Waals surface area contributed by atoms with Crippen molar-refractivity contribution in [1.82, 2.24) is 24.7 Å². The molecule has 170 valence electrons. The summed E-state index contributed by atoms with van der Waals surface area (Å²) in [7, 11) is 1.81. The number of nitrogens with zero attached hydrogens (tertiary/aromatic N) is 5. The molecule has 1 atom stereocenters. The van der Waals surface area contributed by atoms with Crippen LogP contribution in [-0.4, -0.2) is 37.8 Å². The number of benzene rings is 1. The van der Waals surface area contributed by atoms with E-state index in [-0.39, 0.29) is 12.1 Å². The third kappa shape index (κ3) is 5.17. The van der Waals surface area contributed by atoms with Gasteiger partial charge in [0.2, 0.25) is 5.65 Å². The molecule has 0 bridgehead atoms. The first-order valence-electron chi connectivity index (χ1n) is 10.7. The molecule has 0 spiro atoms. The van der Waals surface area contributed by atoms with Crippen molar-refractivity contribution in [2.75, 3.05) is 28.3 Å². The van der Waals surface area contributed by atoms with Gasteiger partial charge in [-0.25, -0.2) is 19.7 Å². The highest BCUT2D eigenvalue weighted by Gasteiger charge is 2.11. The van der Waals surface area contributed by atoms with Crippen LogP contribution < -0.4 is 21.3 Å². The predicted molar refractivity (Wildman–Crippen MR) is 131 cm³/mol. The summed E-state index contributed by atoms with van der Waals surface area (Å²) in [6.07, 6.45) is 5.19. The van der Waals surface area contributed by atoms with Crippen LogP contribution in [0.25, 0.3) is 11.2 Å². The Hall–Kier alpha value is -4.21. The van der Waals surface area contributed by atoms with Crippen LogP contribution in [0.5, 0.6) is 0 Å². The average molecular weight is 446 g/mol. The molecular weight excluding hydrogens is 418 g/mol. The maximum absolute atomic E-state index is 12.5. The van der Waals surface area contributed by atoms with Gasteiger partial charge in [0.15, 0.2) is 0 Å². The quantitative estimate of drug-likeness (QED) is 0.332. The molecule has 4 rings (SSSR count). The van der Waals surface area contributed by atoms with E-state index in [0.29, 0.717) is 22.8 Å². The molecule has 2 amide bonds. The van der Waals surface area contributed by atoms with Crippen LogP contribution in [0.15, 0.2) is 48.9 Å². The van der Waals surface area contributed by atoms with Gasteiger partial charge in [-0.15, -0.1) is 0 Å². The molecule has 0 unspecified atom stereocenters. The number of nitrogens with one attached hydrogen (secondary N) is 4. The van der Waals surface area contributed by atoms with E-state index in [0.717, 1.165) is 29.0 Å². The van der Waals surface area contributed by atoms with Gasteiger partial charge in [-0.2, -0.15) is 5.10 Å². The second-order valence-corrected chi connectivity index (χ2v) is 7.66. The van der Waals surface area contributed by atoms with E-state index in [9.17, 15) is 4.79 Å². The van der Waals surface area contributed by atoms with E-state index >= 15 is 0 Å². The van der Waals surface area contributed by atoms with E-state index in [1.165, 1.54) is 0 Å². The van der Waals surface area contributed by atoms with Crippen molar-refractivity contribution in [2.45, 2.75) is 33.4 Å². The first-order chi connectivity index (χ1) is 15.9. The first-order valence-corrected chi connectivity index (χ1v) is 10.7. The maximum Gasteiger partial charge on any atom is 0.323 e. The number of urea groups is 1. The van der Waals surface area contributed by atoms with Crippen LogP contribution in [-0.2, 0) is 6.54 Å². The summed E-state index contributed by atoms with van der Waals surface area (Å²) >= 11 is 0. The SMILES string of the molecule is CCn1cc2ncc(N[C@@H](C)c3cccc(NC(=O)Nc4cnc(NC)c(C)c4)c3)nc2n1. The molecule has 10 nitrogen and oxygen atoms in total. The molecule has 0 aliphatic rings. The summed E-state index contributed by atoms with van der Waals surface area (Å²) in [4.78, 5) is 25.7. The zero-order valence-electron chi connectivity index (χ0n) is 19.0. The lowest BCUT2D eigenvalue weighted by atomic mass is 10.1. The van der Waals surface area contributed by atoms with Crippen LogP contribution in [0.4, 0.5) is 27.8 Å². The summed E-state index contributed by atoms with van der Waals surface area (Å²) in [5.74, 6) is 1.41. The van der Waals surface area contributed by atoms with E-state index in [4.69, 9.17) is 0 Å². The van der Waals surface area contributed by atoms with Crippen LogP contribution in [0, 0.1) is 6.92 Å². The van der Waals surface area contributed by atoms with Crippen molar-refractivity contribution in [3.8, 4) is 0 Å². The number of anilines is 4. The van der Waals surface area contributed by atoms with Gasteiger partial charge >= 0.3 is 6.03 Å². The third-order valence-electron chi connectivity index (χ3n) is 5.18. The molecule has 4 N–H and O–H groups in total. The molecule has 0 fully saturated rings. The Labute approximate surface area is 191 Å². The van der Waals surface area contributed by atoms with E-state index in [2.05, 4.69) is 41.3 Å². The lowest BCUT2D eigenvalue weighted by Gasteiger charge is -2.16. The molecule has 0 radical (unpaired) electrons. The molecule has 0 saturated heterocycles. The minimum atomic E-state index is -0.339. The van der Waals surface area contributed by atoms with Crippen LogP contribution >= 0.6 is 0 Å². The number of amides is 2. The number of fused-ring (bicyclic) bond motifs is 1. The van der Waals surface area contributed by atoms with E-state index in [1.807, 2.05) is 69.0 Å². The van der Waals surface area contributed by atoms with Gasteiger partial charge in [0.1, 0.15) is 17.2 Å². The molecular formula is C23H27N9O. The fourth-order valence-electron chi connectivity index (χ4n) is 3.47. The van der Waals surface area contributed by atoms with Gasteiger partial charge in [0, 0.05) is 19.3 Å². The summed E-state index contributed by atoms with van der Waals surface area (Å²) in [6.45, 7) is 6.73. The number of hydrogen-bond donors (Lipinski definition) is 4. The van der Waals surface area contributed by atoms with Crippen LogP contribution in [0.2, 0.25) is 0 Å². The van der Waals surface area contributed by atoms with Gasteiger partial charge in [0.25, 0.3) is 0 Å². The lowest BCUT2D eigenvalue weighted by Crippen LogP contribution is -2.20. The summed E-state index contributed by atoms with van der Waals surface area (Å²) in [5.41, 5.74) is 4.60. The maximum atomic E-state index is 12.5. The van der Waals surface area contributed by atoms with Crippen LogP contribution in [0.1, 0.15) is 31.0 Å². The minimum absolute atomic E-state index is 0.0595. The third-order valence-corrected chi connectivity index (χ3v) is 5.18. The largest absolute Gasteiger partial charge is 0.373 e.